The third kappa shape index (κ3) is 5.65. The Kier molecular flexibility index (Phi) is 7.86. The lowest BCUT2D eigenvalue weighted by Gasteiger charge is -2.34. The Morgan fingerprint density at radius 2 is 1.91 bits per heavy atom. The third-order valence-corrected chi connectivity index (χ3v) is 7.68. The molecular formula is C22H25ClFN3O4S. The Morgan fingerprint density at radius 1 is 1.16 bits per heavy atom. The van der Waals surface area contributed by atoms with Gasteiger partial charge < -0.3 is 10.6 Å². The SMILES string of the molecule is Cc1cc(S(=O)(=O)N2CCCC[C@H]2CCNC(=O)C(=O)Nc2ccccc2Cl)ccc1F. The summed E-state index contributed by atoms with van der Waals surface area (Å²) in [5.74, 6) is -2.14. The number of rotatable bonds is 6. The lowest BCUT2D eigenvalue weighted by atomic mass is 10.0. The van der Waals surface area contributed by atoms with Crippen molar-refractivity contribution >= 4 is 39.1 Å². The highest BCUT2D eigenvalue weighted by atomic mass is 35.5. The van der Waals surface area contributed by atoms with Crippen LogP contribution in [0, 0.1) is 12.7 Å². The van der Waals surface area contributed by atoms with Crippen LogP contribution in [0.15, 0.2) is 47.4 Å². The van der Waals surface area contributed by atoms with Crippen LogP contribution >= 0.6 is 11.6 Å². The lowest BCUT2D eigenvalue weighted by Crippen LogP contribution is -2.45. The summed E-state index contributed by atoms with van der Waals surface area (Å²) in [7, 11) is -3.80. The van der Waals surface area contributed by atoms with Crippen molar-refractivity contribution in [2.24, 2.45) is 0 Å². The van der Waals surface area contributed by atoms with Crippen molar-refractivity contribution in [1.82, 2.24) is 9.62 Å². The van der Waals surface area contributed by atoms with Gasteiger partial charge in [0.05, 0.1) is 15.6 Å². The van der Waals surface area contributed by atoms with Crippen LogP contribution in [0.1, 0.15) is 31.2 Å². The molecule has 0 bridgehead atoms. The first-order valence-corrected chi connectivity index (χ1v) is 12.1. The van der Waals surface area contributed by atoms with Gasteiger partial charge in [0.2, 0.25) is 10.0 Å². The zero-order valence-corrected chi connectivity index (χ0v) is 19.2. The van der Waals surface area contributed by atoms with Crippen molar-refractivity contribution in [3.05, 3.63) is 58.9 Å². The topological polar surface area (TPSA) is 95.6 Å². The number of halogens is 2. The van der Waals surface area contributed by atoms with Gasteiger partial charge in [-0.15, -0.1) is 0 Å². The van der Waals surface area contributed by atoms with E-state index in [0.717, 1.165) is 18.9 Å². The monoisotopic (exact) mass is 481 g/mol. The predicted octanol–water partition coefficient (Wildman–Crippen LogP) is 3.48. The molecule has 172 valence electrons. The molecule has 1 heterocycles. The number of carbonyl (C=O) groups excluding carboxylic acids is 2. The molecule has 7 nitrogen and oxygen atoms in total. The molecule has 0 aliphatic carbocycles. The summed E-state index contributed by atoms with van der Waals surface area (Å²) in [5.41, 5.74) is 0.588. The van der Waals surface area contributed by atoms with Crippen molar-refractivity contribution in [3.63, 3.8) is 0 Å². The van der Waals surface area contributed by atoms with Crippen LogP contribution < -0.4 is 10.6 Å². The van der Waals surface area contributed by atoms with E-state index in [1.165, 1.54) is 23.4 Å². The van der Waals surface area contributed by atoms with Gasteiger partial charge in [0, 0.05) is 19.1 Å². The second-order valence-electron chi connectivity index (χ2n) is 7.65. The van der Waals surface area contributed by atoms with Crippen LogP contribution in [0.3, 0.4) is 0 Å². The molecule has 0 aromatic heterocycles. The third-order valence-electron chi connectivity index (χ3n) is 5.40. The van der Waals surface area contributed by atoms with E-state index in [0.29, 0.717) is 30.1 Å². The van der Waals surface area contributed by atoms with Gasteiger partial charge in [-0.3, -0.25) is 9.59 Å². The average molecular weight is 482 g/mol. The van der Waals surface area contributed by atoms with Gasteiger partial charge in [0.25, 0.3) is 0 Å². The summed E-state index contributed by atoms with van der Waals surface area (Å²) >= 11 is 5.98. The molecule has 0 spiro atoms. The van der Waals surface area contributed by atoms with Crippen LogP contribution in [0.4, 0.5) is 10.1 Å². The molecular weight excluding hydrogens is 457 g/mol. The first kappa shape index (κ1) is 24.2. The summed E-state index contributed by atoms with van der Waals surface area (Å²) in [6, 6.07) is 9.98. The van der Waals surface area contributed by atoms with E-state index in [2.05, 4.69) is 10.6 Å². The number of hydrogen-bond acceptors (Lipinski definition) is 4. The minimum Gasteiger partial charge on any atom is -0.348 e. The number of anilines is 1. The first-order valence-electron chi connectivity index (χ1n) is 10.3. The normalized spacial score (nSPS) is 17.0. The number of aryl methyl sites for hydroxylation is 1. The first-order chi connectivity index (χ1) is 15.2. The van der Waals surface area contributed by atoms with Gasteiger partial charge in [-0.05, 0) is 62.1 Å². The molecule has 0 unspecified atom stereocenters. The second kappa shape index (κ2) is 10.4. The molecule has 1 fully saturated rings. The van der Waals surface area contributed by atoms with Gasteiger partial charge in [-0.2, -0.15) is 4.31 Å². The van der Waals surface area contributed by atoms with Crippen LogP contribution in [0.5, 0.6) is 0 Å². The number of carbonyl (C=O) groups is 2. The smallest absolute Gasteiger partial charge is 0.313 e. The van der Waals surface area contributed by atoms with E-state index >= 15 is 0 Å². The molecule has 2 N–H and O–H groups in total. The Morgan fingerprint density at radius 3 is 2.62 bits per heavy atom. The number of hydrogen-bond donors (Lipinski definition) is 2. The molecule has 2 amide bonds. The minimum absolute atomic E-state index is 0.0476. The fraction of sp³-hybridized carbons (Fsp3) is 0.364. The van der Waals surface area contributed by atoms with Gasteiger partial charge in [-0.25, -0.2) is 12.8 Å². The molecule has 1 saturated heterocycles. The average Bonchev–Trinajstić information content (AvgIpc) is 2.77. The molecule has 1 aliphatic rings. The van der Waals surface area contributed by atoms with Crippen molar-refractivity contribution in [1.29, 1.82) is 0 Å². The Balaban J connectivity index is 1.60. The van der Waals surface area contributed by atoms with Crippen LogP contribution in [-0.2, 0) is 19.6 Å². The molecule has 1 atom stereocenters. The van der Waals surface area contributed by atoms with Gasteiger partial charge in [0.15, 0.2) is 0 Å². The molecule has 32 heavy (non-hydrogen) atoms. The van der Waals surface area contributed by atoms with Gasteiger partial charge >= 0.3 is 11.8 Å². The van der Waals surface area contributed by atoms with Crippen molar-refractivity contribution in [2.45, 2.75) is 43.5 Å². The minimum atomic E-state index is -3.80. The summed E-state index contributed by atoms with van der Waals surface area (Å²) < 4.78 is 41.3. The quantitative estimate of drug-likeness (QED) is 0.617. The largest absolute Gasteiger partial charge is 0.348 e. The highest BCUT2D eigenvalue weighted by Crippen LogP contribution is 2.28. The van der Waals surface area contributed by atoms with Gasteiger partial charge in [-0.1, -0.05) is 30.2 Å². The maximum Gasteiger partial charge on any atom is 0.313 e. The highest BCUT2D eigenvalue weighted by Gasteiger charge is 2.33. The second-order valence-corrected chi connectivity index (χ2v) is 9.95. The summed E-state index contributed by atoms with van der Waals surface area (Å²) in [6.07, 6.45) is 2.58. The number of nitrogens with zero attached hydrogens (tertiary/aromatic N) is 1. The molecule has 2 aromatic rings. The Hall–Kier alpha value is -2.49. The number of sulfonamides is 1. The zero-order chi connectivity index (χ0) is 23.3. The van der Waals surface area contributed by atoms with Crippen molar-refractivity contribution in [3.8, 4) is 0 Å². The van der Waals surface area contributed by atoms with E-state index in [-0.39, 0.29) is 23.0 Å². The molecule has 3 rings (SSSR count). The lowest BCUT2D eigenvalue weighted by molar-refractivity contribution is -0.136. The number of para-hydroxylation sites is 1. The van der Waals surface area contributed by atoms with Crippen LogP contribution in [-0.4, -0.2) is 43.7 Å². The molecule has 10 heteroatoms. The van der Waals surface area contributed by atoms with Gasteiger partial charge in [0.1, 0.15) is 5.82 Å². The zero-order valence-electron chi connectivity index (χ0n) is 17.6. The maximum atomic E-state index is 13.6. The number of nitrogens with one attached hydrogen (secondary N) is 2. The van der Waals surface area contributed by atoms with E-state index in [9.17, 15) is 22.4 Å². The predicted molar refractivity (Wildman–Crippen MR) is 120 cm³/mol. The summed E-state index contributed by atoms with van der Waals surface area (Å²) in [4.78, 5) is 24.3. The number of amides is 2. The highest BCUT2D eigenvalue weighted by molar-refractivity contribution is 7.89. The fourth-order valence-corrected chi connectivity index (χ4v) is 5.66. The fourth-order valence-electron chi connectivity index (χ4n) is 3.67. The van der Waals surface area contributed by atoms with E-state index in [1.807, 2.05) is 0 Å². The summed E-state index contributed by atoms with van der Waals surface area (Å²) in [6.45, 7) is 2.00. The summed E-state index contributed by atoms with van der Waals surface area (Å²) in [5, 5.41) is 5.29. The van der Waals surface area contributed by atoms with Crippen LogP contribution in [0.25, 0.3) is 0 Å². The van der Waals surface area contributed by atoms with E-state index in [1.54, 1.807) is 24.3 Å². The van der Waals surface area contributed by atoms with Crippen molar-refractivity contribution < 1.29 is 22.4 Å². The van der Waals surface area contributed by atoms with E-state index in [4.69, 9.17) is 11.6 Å². The number of benzene rings is 2. The molecule has 0 saturated carbocycles. The molecule has 2 aromatic carbocycles. The van der Waals surface area contributed by atoms with Crippen molar-refractivity contribution in [2.75, 3.05) is 18.4 Å². The van der Waals surface area contributed by atoms with E-state index < -0.39 is 27.7 Å². The maximum absolute atomic E-state index is 13.6. The Bertz CT molecular complexity index is 1110. The number of piperidine rings is 1. The molecule has 1 aliphatic heterocycles. The Labute approximate surface area is 192 Å². The standard InChI is InChI=1S/C22H25ClFN3O4S/c1-15-14-17(9-10-19(15)24)32(30,31)27-13-5-4-6-16(27)11-12-25-21(28)22(29)26-20-8-3-2-7-18(20)23/h2-3,7-10,14,16H,4-6,11-13H2,1H3,(H,25,28)(H,26,29)/t16-/m0/s1. The molecule has 0 radical (unpaired) electrons. The van der Waals surface area contributed by atoms with Crippen LogP contribution in [0.2, 0.25) is 5.02 Å².